The number of anilines is 4. The maximum Gasteiger partial charge on any atom is 0.320 e. The SMILES string of the molecule is CN1CCN([C@@H]2CCCN(c3cnc(C(N)=O)c(Nc4ccc(C5CCN(CC6CCN(c7ccc(C(=O)N[C@H]8CCC(=O)NC8=O)nc7)CC6)CC5)cc4)n3)C2)C1=O. The Morgan fingerprint density at radius 3 is 2.31 bits per heavy atom. The van der Waals surface area contributed by atoms with Crippen LogP contribution in [0.15, 0.2) is 48.8 Å². The molecule has 0 bridgehead atoms. The van der Waals surface area contributed by atoms with Gasteiger partial charge in [0.15, 0.2) is 11.5 Å². The number of hydrogen-bond acceptors (Lipinski definition) is 12. The number of benzene rings is 1. The van der Waals surface area contributed by atoms with Crippen LogP contribution < -0.4 is 31.5 Å². The van der Waals surface area contributed by atoms with Crippen LogP contribution in [0.3, 0.4) is 0 Å². The van der Waals surface area contributed by atoms with Crippen LogP contribution in [0.4, 0.5) is 27.8 Å². The first-order chi connectivity index (χ1) is 28.6. The minimum atomic E-state index is -0.731. The number of primary amides is 1. The topological polar surface area (TPSA) is 202 Å². The molecule has 312 valence electrons. The first-order valence-electron chi connectivity index (χ1n) is 21.0. The van der Waals surface area contributed by atoms with E-state index in [1.54, 1.807) is 23.4 Å². The Morgan fingerprint density at radius 2 is 1.63 bits per heavy atom. The molecule has 0 saturated carbocycles. The summed E-state index contributed by atoms with van der Waals surface area (Å²) in [6.45, 7) is 7.98. The van der Waals surface area contributed by atoms with Crippen LogP contribution in [-0.2, 0) is 9.59 Å². The van der Waals surface area contributed by atoms with E-state index in [4.69, 9.17) is 10.7 Å². The van der Waals surface area contributed by atoms with Gasteiger partial charge < -0.3 is 40.9 Å². The van der Waals surface area contributed by atoms with Gasteiger partial charge >= 0.3 is 6.03 Å². The third kappa shape index (κ3) is 9.24. The zero-order valence-electron chi connectivity index (χ0n) is 33.6. The predicted octanol–water partition coefficient (Wildman–Crippen LogP) is 2.68. The Hall–Kier alpha value is -5.84. The molecule has 5 N–H and O–H groups in total. The summed E-state index contributed by atoms with van der Waals surface area (Å²) >= 11 is 0. The molecule has 0 radical (unpaired) electrons. The molecule has 6 amide bonds. The van der Waals surface area contributed by atoms with Gasteiger partial charge in [0, 0.05) is 65.0 Å². The van der Waals surface area contributed by atoms with Crippen LogP contribution in [-0.4, -0.2) is 137 Å². The van der Waals surface area contributed by atoms with E-state index in [0.29, 0.717) is 30.0 Å². The molecule has 5 fully saturated rings. The van der Waals surface area contributed by atoms with Crippen molar-refractivity contribution in [3.05, 3.63) is 65.7 Å². The number of nitrogens with one attached hydrogen (secondary N) is 3. The molecule has 2 atom stereocenters. The third-order valence-electron chi connectivity index (χ3n) is 12.7. The number of nitrogens with two attached hydrogens (primary N) is 1. The molecule has 2 aromatic heterocycles. The van der Waals surface area contributed by atoms with Crippen LogP contribution >= 0.6 is 0 Å². The molecule has 0 spiro atoms. The summed E-state index contributed by atoms with van der Waals surface area (Å²) in [4.78, 5) is 85.5. The fourth-order valence-electron chi connectivity index (χ4n) is 9.16. The standard InChI is InChI=1S/C42H54N12O5/c1-50-21-22-54(42(50)59)32-3-2-16-53(26-32)35-24-45-37(38(43)56)39(48-35)46-30-6-4-28(5-7-30)29-14-17-51(18-15-29)25-27-12-19-52(20-13-27)31-8-9-33(44-23-31)40(57)47-34-10-11-36(55)49-41(34)58/h4-9,23-24,27,29,32,34H,2-3,10-22,25-26H2,1H3,(H2,43,56)(H,46,48)(H,47,57)(H,49,55,58)/t32-,34+/m1/s1. The first-order valence-corrected chi connectivity index (χ1v) is 21.0. The van der Waals surface area contributed by atoms with E-state index in [1.807, 2.05) is 30.1 Å². The second-order valence-electron chi connectivity index (χ2n) is 16.6. The van der Waals surface area contributed by atoms with Gasteiger partial charge in [0.05, 0.1) is 24.1 Å². The van der Waals surface area contributed by atoms with Gasteiger partial charge in [-0.1, -0.05) is 12.1 Å². The van der Waals surface area contributed by atoms with E-state index < -0.39 is 23.8 Å². The van der Waals surface area contributed by atoms with Crippen molar-refractivity contribution in [2.45, 2.75) is 69.4 Å². The molecule has 5 aliphatic rings. The van der Waals surface area contributed by atoms with Gasteiger partial charge in [-0.15, -0.1) is 0 Å². The van der Waals surface area contributed by atoms with Crippen LogP contribution in [0, 0.1) is 5.92 Å². The summed E-state index contributed by atoms with van der Waals surface area (Å²) in [6.07, 6.45) is 10.0. The Balaban J connectivity index is 0.789. The number of aromatic nitrogens is 3. The average molecular weight is 807 g/mol. The molecule has 17 nitrogen and oxygen atoms in total. The Bertz CT molecular complexity index is 2030. The largest absolute Gasteiger partial charge is 0.370 e. The third-order valence-corrected chi connectivity index (χ3v) is 12.7. The minimum Gasteiger partial charge on any atom is -0.370 e. The van der Waals surface area contributed by atoms with E-state index >= 15 is 0 Å². The van der Waals surface area contributed by atoms with Crippen molar-refractivity contribution < 1.29 is 24.0 Å². The average Bonchev–Trinajstić information content (AvgIpc) is 3.59. The molecule has 8 rings (SSSR count). The fraction of sp³-hybridized carbons (Fsp3) is 0.524. The maximum atomic E-state index is 12.7. The van der Waals surface area contributed by atoms with E-state index in [2.05, 4.69) is 52.8 Å². The second kappa shape index (κ2) is 17.6. The lowest BCUT2D eigenvalue weighted by Crippen LogP contribution is -2.52. The lowest BCUT2D eigenvalue weighted by atomic mass is 9.88. The zero-order chi connectivity index (χ0) is 41.0. The van der Waals surface area contributed by atoms with Gasteiger partial charge in [-0.05, 0) is 99.7 Å². The van der Waals surface area contributed by atoms with Crippen molar-refractivity contribution in [2.24, 2.45) is 11.7 Å². The summed E-state index contributed by atoms with van der Waals surface area (Å²) in [6, 6.07) is 11.4. The molecule has 0 aliphatic carbocycles. The molecule has 1 aromatic carbocycles. The van der Waals surface area contributed by atoms with E-state index in [0.717, 1.165) is 102 Å². The van der Waals surface area contributed by atoms with Crippen LogP contribution in [0.2, 0.25) is 0 Å². The van der Waals surface area contributed by atoms with Gasteiger partial charge in [0.1, 0.15) is 17.6 Å². The number of carbonyl (C=O) groups is 5. The monoisotopic (exact) mass is 806 g/mol. The Kier molecular flexibility index (Phi) is 11.9. The highest BCUT2D eigenvalue weighted by molar-refractivity contribution is 6.03. The Labute approximate surface area is 344 Å². The molecule has 7 heterocycles. The summed E-state index contributed by atoms with van der Waals surface area (Å²) in [5, 5.41) is 8.25. The number of pyridine rings is 1. The number of amides is 6. The number of rotatable bonds is 11. The highest BCUT2D eigenvalue weighted by Gasteiger charge is 2.35. The first kappa shape index (κ1) is 40.0. The molecule has 5 aliphatic heterocycles. The van der Waals surface area contributed by atoms with Crippen molar-refractivity contribution in [1.82, 2.24) is 40.3 Å². The molecule has 5 saturated heterocycles. The van der Waals surface area contributed by atoms with Crippen molar-refractivity contribution in [3.8, 4) is 0 Å². The number of likely N-dealkylation sites (N-methyl/N-ethyl adjacent to an activating group) is 1. The minimum absolute atomic E-state index is 0.0673. The molecule has 59 heavy (non-hydrogen) atoms. The lowest BCUT2D eigenvalue weighted by molar-refractivity contribution is -0.134. The van der Waals surface area contributed by atoms with Gasteiger partial charge in [-0.2, -0.15) is 0 Å². The van der Waals surface area contributed by atoms with Gasteiger partial charge in [0.25, 0.3) is 11.8 Å². The van der Waals surface area contributed by atoms with Gasteiger partial charge in [-0.25, -0.2) is 19.7 Å². The summed E-state index contributed by atoms with van der Waals surface area (Å²) < 4.78 is 0. The molecular formula is C42H54N12O5. The molecular weight excluding hydrogens is 753 g/mol. The van der Waals surface area contributed by atoms with Crippen LogP contribution in [0.1, 0.15) is 83.8 Å². The lowest BCUT2D eigenvalue weighted by Gasteiger charge is -2.38. The quantitative estimate of drug-likeness (QED) is 0.207. The number of carbonyl (C=O) groups excluding carboxylic acids is 5. The fourth-order valence-corrected chi connectivity index (χ4v) is 9.16. The normalized spacial score (nSPS) is 22.4. The Morgan fingerprint density at radius 1 is 0.847 bits per heavy atom. The molecule has 0 unspecified atom stereocenters. The number of hydrogen-bond donors (Lipinski definition) is 4. The molecule has 3 aromatic rings. The second-order valence-corrected chi connectivity index (χ2v) is 16.6. The summed E-state index contributed by atoms with van der Waals surface area (Å²) in [5.41, 5.74) is 9.13. The number of nitrogens with zero attached hydrogens (tertiary/aromatic N) is 8. The number of urea groups is 1. The number of imide groups is 1. The zero-order valence-corrected chi connectivity index (χ0v) is 33.6. The highest BCUT2D eigenvalue weighted by atomic mass is 16.2. The molecule has 17 heteroatoms. The number of piperidine rings is 4. The summed E-state index contributed by atoms with van der Waals surface area (Å²) in [7, 11) is 1.84. The predicted molar refractivity (Wildman–Crippen MR) is 221 cm³/mol. The smallest absolute Gasteiger partial charge is 0.320 e. The van der Waals surface area contributed by atoms with Crippen molar-refractivity contribution in [2.75, 3.05) is 81.1 Å². The van der Waals surface area contributed by atoms with Crippen molar-refractivity contribution in [3.63, 3.8) is 0 Å². The van der Waals surface area contributed by atoms with Gasteiger partial charge in [-0.3, -0.25) is 24.5 Å². The van der Waals surface area contributed by atoms with Crippen molar-refractivity contribution >= 4 is 52.7 Å². The summed E-state index contributed by atoms with van der Waals surface area (Å²) in [5.74, 6) is 0.193. The maximum absolute atomic E-state index is 12.7. The van der Waals surface area contributed by atoms with Crippen LogP contribution in [0.5, 0.6) is 0 Å². The van der Waals surface area contributed by atoms with E-state index in [9.17, 15) is 24.0 Å². The van der Waals surface area contributed by atoms with E-state index in [1.165, 1.54) is 5.56 Å². The van der Waals surface area contributed by atoms with Crippen molar-refractivity contribution in [1.29, 1.82) is 0 Å². The van der Waals surface area contributed by atoms with E-state index in [-0.39, 0.29) is 42.2 Å². The van der Waals surface area contributed by atoms with Gasteiger partial charge in [0.2, 0.25) is 11.8 Å². The highest BCUT2D eigenvalue weighted by Crippen LogP contribution is 2.32. The number of likely N-dealkylation sites (tertiary alicyclic amines) is 1. The van der Waals surface area contributed by atoms with Crippen LogP contribution in [0.25, 0.3) is 0 Å².